The standard InChI is InChI=1S/C14H10ClF3N2O/c15-8-2-1-7(10(16)3-8)6-20-13-4-9(14(19)21)11(17)5-12(13)18/h1-5,20H,6H2,(H2,19,21). The summed E-state index contributed by atoms with van der Waals surface area (Å²) in [5.74, 6) is -3.55. The largest absolute Gasteiger partial charge is 0.378 e. The van der Waals surface area contributed by atoms with Gasteiger partial charge in [0.15, 0.2) is 0 Å². The quantitative estimate of drug-likeness (QED) is 0.908. The molecular weight excluding hydrogens is 305 g/mol. The fourth-order valence-corrected chi connectivity index (χ4v) is 1.89. The van der Waals surface area contributed by atoms with Crippen LogP contribution in [0.5, 0.6) is 0 Å². The van der Waals surface area contributed by atoms with Gasteiger partial charge in [-0.25, -0.2) is 13.2 Å². The number of benzene rings is 2. The van der Waals surface area contributed by atoms with Crippen LogP contribution in [0.25, 0.3) is 0 Å². The van der Waals surface area contributed by atoms with Crippen molar-refractivity contribution in [2.75, 3.05) is 5.32 Å². The Balaban J connectivity index is 2.23. The van der Waals surface area contributed by atoms with Crippen LogP contribution in [0.2, 0.25) is 5.02 Å². The molecule has 0 aliphatic heterocycles. The number of hydrogen-bond donors (Lipinski definition) is 2. The van der Waals surface area contributed by atoms with Crippen LogP contribution in [0.15, 0.2) is 30.3 Å². The number of carbonyl (C=O) groups is 1. The van der Waals surface area contributed by atoms with Gasteiger partial charge in [0.1, 0.15) is 17.5 Å². The molecule has 3 N–H and O–H groups in total. The Hall–Kier alpha value is -2.21. The summed E-state index contributed by atoms with van der Waals surface area (Å²) in [4.78, 5) is 11.0. The number of halogens is 4. The van der Waals surface area contributed by atoms with Crippen LogP contribution >= 0.6 is 11.6 Å². The molecule has 2 aromatic rings. The first-order valence-electron chi connectivity index (χ1n) is 5.85. The molecule has 0 heterocycles. The smallest absolute Gasteiger partial charge is 0.251 e. The number of anilines is 1. The lowest BCUT2D eigenvalue weighted by Crippen LogP contribution is -2.14. The summed E-state index contributed by atoms with van der Waals surface area (Å²) < 4.78 is 40.5. The van der Waals surface area contributed by atoms with Crippen molar-refractivity contribution in [3.8, 4) is 0 Å². The van der Waals surface area contributed by atoms with Crippen molar-refractivity contribution in [3.63, 3.8) is 0 Å². The van der Waals surface area contributed by atoms with Gasteiger partial charge in [-0.05, 0) is 18.2 Å². The fourth-order valence-electron chi connectivity index (χ4n) is 1.73. The Kier molecular flexibility index (Phi) is 4.37. The minimum Gasteiger partial charge on any atom is -0.378 e. The van der Waals surface area contributed by atoms with E-state index < -0.39 is 28.9 Å². The summed E-state index contributed by atoms with van der Waals surface area (Å²) in [7, 11) is 0. The van der Waals surface area contributed by atoms with Gasteiger partial charge >= 0.3 is 0 Å². The van der Waals surface area contributed by atoms with Gasteiger partial charge in [0.2, 0.25) is 0 Å². The number of rotatable bonds is 4. The molecule has 0 aliphatic carbocycles. The molecule has 0 aliphatic rings. The van der Waals surface area contributed by atoms with E-state index in [2.05, 4.69) is 5.32 Å². The molecule has 0 saturated heterocycles. The summed E-state index contributed by atoms with van der Waals surface area (Å²) in [6.45, 7) is -0.0657. The second kappa shape index (κ2) is 6.05. The molecule has 0 aromatic heterocycles. The maximum absolute atomic E-state index is 13.6. The first kappa shape index (κ1) is 15.2. The van der Waals surface area contributed by atoms with Crippen LogP contribution in [0.3, 0.4) is 0 Å². The Morgan fingerprint density at radius 1 is 1.10 bits per heavy atom. The third-order valence-electron chi connectivity index (χ3n) is 2.81. The van der Waals surface area contributed by atoms with Crippen molar-refractivity contribution >= 4 is 23.2 Å². The van der Waals surface area contributed by atoms with Gasteiger partial charge in [0, 0.05) is 23.2 Å². The molecule has 0 spiro atoms. The van der Waals surface area contributed by atoms with E-state index >= 15 is 0 Å². The van der Waals surface area contributed by atoms with E-state index in [1.54, 1.807) is 0 Å². The zero-order chi connectivity index (χ0) is 15.6. The first-order valence-corrected chi connectivity index (χ1v) is 6.23. The molecule has 0 fully saturated rings. The number of primary amides is 1. The summed E-state index contributed by atoms with van der Waals surface area (Å²) >= 11 is 5.62. The van der Waals surface area contributed by atoms with Crippen LogP contribution in [0.4, 0.5) is 18.9 Å². The molecular formula is C14H10ClF3N2O. The van der Waals surface area contributed by atoms with E-state index in [-0.39, 0.29) is 22.8 Å². The molecule has 0 atom stereocenters. The van der Waals surface area contributed by atoms with Gasteiger partial charge in [0.05, 0.1) is 11.3 Å². The molecule has 2 rings (SSSR count). The molecule has 21 heavy (non-hydrogen) atoms. The summed E-state index contributed by atoms with van der Waals surface area (Å²) in [6, 6.07) is 5.52. The predicted octanol–water partition coefficient (Wildman–Crippen LogP) is 3.47. The molecule has 7 heteroatoms. The highest BCUT2D eigenvalue weighted by molar-refractivity contribution is 6.30. The van der Waals surface area contributed by atoms with E-state index in [1.807, 2.05) is 0 Å². The highest BCUT2D eigenvalue weighted by Gasteiger charge is 2.14. The van der Waals surface area contributed by atoms with E-state index in [4.69, 9.17) is 17.3 Å². The third-order valence-corrected chi connectivity index (χ3v) is 3.04. The van der Waals surface area contributed by atoms with Gasteiger partial charge in [-0.15, -0.1) is 0 Å². The van der Waals surface area contributed by atoms with Gasteiger partial charge in [-0.2, -0.15) is 0 Å². The maximum atomic E-state index is 13.6. The molecule has 2 aromatic carbocycles. The molecule has 3 nitrogen and oxygen atoms in total. The van der Waals surface area contributed by atoms with Gasteiger partial charge in [0.25, 0.3) is 5.91 Å². The normalized spacial score (nSPS) is 10.5. The molecule has 1 amide bonds. The number of amides is 1. The predicted molar refractivity (Wildman–Crippen MR) is 73.6 cm³/mol. The van der Waals surface area contributed by atoms with Gasteiger partial charge in [-0.1, -0.05) is 17.7 Å². The van der Waals surface area contributed by atoms with Crippen molar-refractivity contribution in [3.05, 3.63) is 63.9 Å². The monoisotopic (exact) mass is 314 g/mol. The van der Waals surface area contributed by atoms with E-state index in [9.17, 15) is 18.0 Å². The highest BCUT2D eigenvalue weighted by Crippen LogP contribution is 2.21. The maximum Gasteiger partial charge on any atom is 0.251 e. The lowest BCUT2D eigenvalue weighted by Gasteiger charge is -2.10. The van der Waals surface area contributed by atoms with Crippen molar-refractivity contribution in [2.24, 2.45) is 5.73 Å². The second-order valence-corrected chi connectivity index (χ2v) is 4.70. The van der Waals surface area contributed by atoms with Crippen LogP contribution in [0.1, 0.15) is 15.9 Å². The second-order valence-electron chi connectivity index (χ2n) is 4.27. The van der Waals surface area contributed by atoms with Crippen LogP contribution in [-0.2, 0) is 6.54 Å². The minimum absolute atomic E-state index is 0.0657. The molecule has 0 radical (unpaired) electrons. The Labute approximate surface area is 123 Å². The first-order chi connectivity index (χ1) is 9.88. The van der Waals surface area contributed by atoms with E-state index in [1.165, 1.54) is 12.1 Å². The molecule has 0 bridgehead atoms. The van der Waals surface area contributed by atoms with Crippen LogP contribution in [-0.4, -0.2) is 5.91 Å². The average Bonchev–Trinajstić information content (AvgIpc) is 2.39. The minimum atomic E-state index is -1.05. The van der Waals surface area contributed by atoms with Crippen molar-refractivity contribution in [1.82, 2.24) is 0 Å². The van der Waals surface area contributed by atoms with E-state index in [0.29, 0.717) is 6.07 Å². The van der Waals surface area contributed by atoms with Crippen LogP contribution < -0.4 is 11.1 Å². The Morgan fingerprint density at radius 3 is 2.43 bits per heavy atom. The zero-order valence-corrected chi connectivity index (χ0v) is 11.3. The number of carbonyl (C=O) groups excluding carboxylic acids is 1. The summed E-state index contributed by atoms with van der Waals surface area (Å²) in [5.41, 5.74) is 4.62. The average molecular weight is 315 g/mol. The van der Waals surface area contributed by atoms with Gasteiger partial charge < -0.3 is 11.1 Å². The molecule has 0 saturated carbocycles. The molecule has 0 unspecified atom stereocenters. The summed E-state index contributed by atoms with van der Waals surface area (Å²) in [5, 5.41) is 2.82. The lowest BCUT2D eigenvalue weighted by atomic mass is 10.1. The third kappa shape index (κ3) is 3.46. The lowest BCUT2D eigenvalue weighted by molar-refractivity contribution is 0.0996. The topological polar surface area (TPSA) is 55.1 Å². The zero-order valence-electron chi connectivity index (χ0n) is 10.6. The molecule has 110 valence electrons. The Morgan fingerprint density at radius 2 is 1.81 bits per heavy atom. The number of nitrogens with two attached hydrogens (primary N) is 1. The van der Waals surface area contributed by atoms with Crippen LogP contribution in [0, 0.1) is 17.5 Å². The van der Waals surface area contributed by atoms with Crippen molar-refractivity contribution in [2.45, 2.75) is 6.54 Å². The highest BCUT2D eigenvalue weighted by atomic mass is 35.5. The number of hydrogen-bond acceptors (Lipinski definition) is 2. The number of nitrogens with one attached hydrogen (secondary N) is 1. The van der Waals surface area contributed by atoms with E-state index in [0.717, 1.165) is 12.1 Å². The van der Waals surface area contributed by atoms with Gasteiger partial charge in [-0.3, -0.25) is 4.79 Å². The summed E-state index contributed by atoms with van der Waals surface area (Å²) in [6.07, 6.45) is 0. The SMILES string of the molecule is NC(=O)c1cc(NCc2ccc(Cl)cc2F)c(F)cc1F. The van der Waals surface area contributed by atoms with Crippen molar-refractivity contribution < 1.29 is 18.0 Å². The Bertz CT molecular complexity index is 707. The van der Waals surface area contributed by atoms with Crippen molar-refractivity contribution in [1.29, 1.82) is 0 Å². The fraction of sp³-hybridized carbons (Fsp3) is 0.0714.